The Balaban J connectivity index is 1.51. The largest absolute Gasteiger partial charge is 0.488 e. The minimum absolute atomic E-state index is 0.262. The number of nitrogens with zero attached hydrogens (tertiary/aromatic N) is 1. The maximum Gasteiger partial charge on any atom is 0.293 e. The third kappa shape index (κ3) is 5.19. The predicted octanol–water partition coefficient (Wildman–Crippen LogP) is 6.46. The zero-order valence-electron chi connectivity index (χ0n) is 16.9. The molecule has 1 aliphatic heterocycles. The van der Waals surface area contributed by atoms with Crippen molar-refractivity contribution in [1.29, 1.82) is 0 Å². The van der Waals surface area contributed by atoms with Crippen LogP contribution in [0, 0.1) is 6.92 Å². The van der Waals surface area contributed by atoms with Crippen molar-refractivity contribution in [2.45, 2.75) is 20.1 Å². The molecular formula is C25H20ClNO3S. The fourth-order valence-corrected chi connectivity index (χ4v) is 4.20. The molecule has 0 aliphatic carbocycles. The molecule has 1 aliphatic rings. The molecule has 0 radical (unpaired) electrons. The molecule has 6 heteroatoms. The Morgan fingerprint density at radius 2 is 1.74 bits per heavy atom. The third-order valence-electron chi connectivity index (χ3n) is 4.81. The quantitative estimate of drug-likeness (QED) is 0.405. The SMILES string of the molecule is Cc1cccc(CN2C(=O)S/C(=C\c3ccccc3OCc3ccc(Cl)cc3)C2=O)c1. The van der Waals surface area contributed by atoms with Crippen LogP contribution in [-0.4, -0.2) is 16.0 Å². The Bertz CT molecular complexity index is 1160. The summed E-state index contributed by atoms with van der Waals surface area (Å²) >= 11 is 6.88. The highest BCUT2D eigenvalue weighted by molar-refractivity contribution is 8.18. The Morgan fingerprint density at radius 3 is 2.52 bits per heavy atom. The molecule has 1 saturated heterocycles. The van der Waals surface area contributed by atoms with Gasteiger partial charge < -0.3 is 4.74 Å². The van der Waals surface area contributed by atoms with Crippen LogP contribution >= 0.6 is 23.4 Å². The molecule has 31 heavy (non-hydrogen) atoms. The number of thioether (sulfide) groups is 1. The van der Waals surface area contributed by atoms with Crippen LogP contribution in [-0.2, 0) is 17.9 Å². The van der Waals surface area contributed by atoms with E-state index >= 15 is 0 Å². The van der Waals surface area contributed by atoms with Gasteiger partial charge in [0.1, 0.15) is 12.4 Å². The van der Waals surface area contributed by atoms with Gasteiger partial charge in [-0.3, -0.25) is 14.5 Å². The first kappa shape index (κ1) is 21.2. The molecule has 156 valence electrons. The number of carbonyl (C=O) groups is 2. The Morgan fingerprint density at radius 1 is 0.968 bits per heavy atom. The zero-order chi connectivity index (χ0) is 21.8. The van der Waals surface area contributed by atoms with Gasteiger partial charge in [-0.1, -0.05) is 71.8 Å². The van der Waals surface area contributed by atoms with E-state index in [1.807, 2.05) is 79.7 Å². The highest BCUT2D eigenvalue weighted by Gasteiger charge is 2.35. The molecule has 0 unspecified atom stereocenters. The van der Waals surface area contributed by atoms with Crippen molar-refractivity contribution in [3.05, 3.63) is 105 Å². The van der Waals surface area contributed by atoms with E-state index in [9.17, 15) is 9.59 Å². The Kier molecular flexibility index (Phi) is 6.44. The molecule has 4 rings (SSSR count). The number of hydrogen-bond acceptors (Lipinski definition) is 4. The minimum Gasteiger partial charge on any atom is -0.488 e. The fraction of sp³-hybridized carbons (Fsp3) is 0.120. The lowest BCUT2D eigenvalue weighted by Crippen LogP contribution is -2.27. The van der Waals surface area contributed by atoms with Gasteiger partial charge in [0.05, 0.1) is 11.4 Å². The minimum atomic E-state index is -0.288. The molecule has 0 spiro atoms. The van der Waals surface area contributed by atoms with Crippen LogP contribution in [0.4, 0.5) is 4.79 Å². The van der Waals surface area contributed by atoms with Crippen LogP contribution in [0.2, 0.25) is 5.02 Å². The van der Waals surface area contributed by atoms with Gasteiger partial charge in [-0.05, 0) is 54.1 Å². The van der Waals surface area contributed by atoms with E-state index in [-0.39, 0.29) is 17.7 Å². The summed E-state index contributed by atoms with van der Waals surface area (Å²) in [5, 5.41) is 0.405. The molecule has 0 aromatic heterocycles. The molecule has 1 heterocycles. The number of benzene rings is 3. The first-order chi connectivity index (χ1) is 15.0. The van der Waals surface area contributed by atoms with Crippen molar-refractivity contribution in [2.24, 2.45) is 0 Å². The first-order valence-electron chi connectivity index (χ1n) is 9.77. The number of halogens is 1. The highest BCUT2D eigenvalue weighted by atomic mass is 35.5. The summed E-state index contributed by atoms with van der Waals surface area (Å²) in [5.41, 5.74) is 3.75. The van der Waals surface area contributed by atoms with E-state index in [0.29, 0.717) is 22.3 Å². The van der Waals surface area contributed by atoms with Crippen molar-refractivity contribution in [3.8, 4) is 5.75 Å². The topological polar surface area (TPSA) is 46.6 Å². The standard InChI is InChI=1S/C25H20ClNO3S/c1-17-5-4-6-19(13-17)15-27-24(28)23(31-25(27)29)14-20-7-2-3-8-22(20)30-16-18-9-11-21(26)12-10-18/h2-14H,15-16H2,1H3/b23-14-. The van der Waals surface area contributed by atoms with Crippen LogP contribution in [0.1, 0.15) is 22.3 Å². The van der Waals surface area contributed by atoms with Crippen molar-refractivity contribution in [3.63, 3.8) is 0 Å². The number of carbonyl (C=O) groups excluding carboxylic acids is 2. The number of aryl methyl sites for hydroxylation is 1. The van der Waals surface area contributed by atoms with Crippen LogP contribution in [0.15, 0.2) is 77.7 Å². The summed E-state index contributed by atoms with van der Waals surface area (Å²) < 4.78 is 5.96. The predicted molar refractivity (Wildman–Crippen MR) is 125 cm³/mol. The summed E-state index contributed by atoms with van der Waals surface area (Å²) in [6.45, 7) is 2.62. The van der Waals surface area contributed by atoms with Crippen molar-refractivity contribution < 1.29 is 14.3 Å². The van der Waals surface area contributed by atoms with Crippen LogP contribution in [0.3, 0.4) is 0 Å². The third-order valence-corrected chi connectivity index (χ3v) is 5.97. The van der Waals surface area contributed by atoms with E-state index in [0.717, 1.165) is 34.0 Å². The number of para-hydroxylation sites is 1. The lowest BCUT2D eigenvalue weighted by molar-refractivity contribution is -0.123. The molecule has 0 bridgehead atoms. The molecule has 4 nitrogen and oxygen atoms in total. The van der Waals surface area contributed by atoms with Crippen molar-refractivity contribution in [1.82, 2.24) is 4.90 Å². The summed E-state index contributed by atoms with van der Waals surface area (Å²) in [6.07, 6.45) is 1.72. The van der Waals surface area contributed by atoms with Crippen LogP contribution in [0.5, 0.6) is 5.75 Å². The Labute approximate surface area is 190 Å². The van der Waals surface area contributed by atoms with Crippen LogP contribution < -0.4 is 4.74 Å². The summed E-state index contributed by atoms with van der Waals surface area (Å²) in [7, 11) is 0. The van der Waals surface area contributed by atoms with Gasteiger partial charge in [0, 0.05) is 10.6 Å². The Hall–Kier alpha value is -3.02. The number of amides is 2. The average molecular weight is 450 g/mol. The van der Waals surface area contributed by atoms with Crippen molar-refractivity contribution >= 4 is 40.6 Å². The summed E-state index contributed by atoms with van der Waals surface area (Å²) in [5.74, 6) is 0.354. The van der Waals surface area contributed by atoms with Gasteiger partial charge in [-0.2, -0.15) is 0 Å². The van der Waals surface area contributed by atoms with E-state index in [1.54, 1.807) is 6.08 Å². The summed E-state index contributed by atoms with van der Waals surface area (Å²) in [6, 6.07) is 22.7. The van der Waals surface area contributed by atoms with Gasteiger partial charge in [0.25, 0.3) is 11.1 Å². The van der Waals surface area contributed by atoms with Gasteiger partial charge in [-0.25, -0.2) is 0 Å². The molecule has 3 aromatic carbocycles. The second kappa shape index (κ2) is 9.41. The van der Waals surface area contributed by atoms with E-state index in [2.05, 4.69) is 0 Å². The van der Waals surface area contributed by atoms with E-state index in [1.165, 1.54) is 4.90 Å². The number of imide groups is 1. The van der Waals surface area contributed by atoms with Gasteiger partial charge in [0.15, 0.2) is 0 Å². The first-order valence-corrected chi connectivity index (χ1v) is 11.0. The maximum atomic E-state index is 12.9. The lowest BCUT2D eigenvalue weighted by Gasteiger charge is -2.13. The van der Waals surface area contributed by atoms with Gasteiger partial charge in [-0.15, -0.1) is 0 Å². The highest BCUT2D eigenvalue weighted by Crippen LogP contribution is 2.35. The average Bonchev–Trinajstić information content (AvgIpc) is 3.02. The van der Waals surface area contributed by atoms with Crippen molar-refractivity contribution in [2.75, 3.05) is 0 Å². The fourth-order valence-electron chi connectivity index (χ4n) is 3.24. The number of ether oxygens (including phenoxy) is 1. The molecular weight excluding hydrogens is 430 g/mol. The molecule has 0 N–H and O–H groups in total. The smallest absolute Gasteiger partial charge is 0.293 e. The zero-order valence-corrected chi connectivity index (χ0v) is 18.5. The molecule has 0 atom stereocenters. The lowest BCUT2D eigenvalue weighted by atomic mass is 10.1. The molecule has 2 amide bonds. The molecule has 3 aromatic rings. The number of hydrogen-bond donors (Lipinski definition) is 0. The normalized spacial score (nSPS) is 15.0. The van der Waals surface area contributed by atoms with E-state index < -0.39 is 0 Å². The monoisotopic (exact) mass is 449 g/mol. The number of rotatable bonds is 6. The second-order valence-electron chi connectivity index (χ2n) is 7.21. The van der Waals surface area contributed by atoms with E-state index in [4.69, 9.17) is 16.3 Å². The van der Waals surface area contributed by atoms with Gasteiger partial charge in [0.2, 0.25) is 0 Å². The molecule has 0 saturated carbocycles. The summed E-state index contributed by atoms with van der Waals surface area (Å²) in [4.78, 5) is 27.0. The van der Waals surface area contributed by atoms with Crippen LogP contribution in [0.25, 0.3) is 6.08 Å². The maximum absolute atomic E-state index is 12.9. The van der Waals surface area contributed by atoms with Gasteiger partial charge >= 0.3 is 0 Å². The second-order valence-corrected chi connectivity index (χ2v) is 8.64. The molecule has 1 fully saturated rings.